The minimum Gasteiger partial charge on any atom is -0.390 e. The highest BCUT2D eigenvalue weighted by molar-refractivity contribution is 6.11. The molecule has 1 aliphatic heterocycles. The highest BCUT2D eigenvalue weighted by atomic mass is 16.5. The van der Waals surface area contributed by atoms with Gasteiger partial charge in [0.15, 0.2) is 0 Å². The summed E-state index contributed by atoms with van der Waals surface area (Å²) in [6.07, 6.45) is -0.491. The SMILES string of the molecule is [B]C1OC(C)C(O)C1C. The van der Waals surface area contributed by atoms with E-state index in [0.717, 1.165) is 0 Å². The molecule has 1 aliphatic rings. The van der Waals surface area contributed by atoms with Crippen molar-refractivity contribution in [1.82, 2.24) is 0 Å². The van der Waals surface area contributed by atoms with Crippen LogP contribution in [0.15, 0.2) is 0 Å². The first-order valence-corrected chi connectivity index (χ1v) is 3.22. The second kappa shape index (κ2) is 2.31. The molecule has 2 radical (unpaired) electrons. The summed E-state index contributed by atoms with van der Waals surface area (Å²) in [5.41, 5.74) is 0. The van der Waals surface area contributed by atoms with Gasteiger partial charge in [0.05, 0.1) is 12.2 Å². The first-order chi connectivity index (χ1) is 4.13. The van der Waals surface area contributed by atoms with E-state index in [1.54, 1.807) is 0 Å². The van der Waals surface area contributed by atoms with E-state index in [2.05, 4.69) is 0 Å². The first-order valence-electron chi connectivity index (χ1n) is 3.22. The van der Waals surface area contributed by atoms with Crippen LogP contribution in [0, 0.1) is 5.92 Å². The Morgan fingerprint density at radius 3 is 2.11 bits per heavy atom. The molecule has 1 saturated heterocycles. The number of ether oxygens (including phenoxy) is 1. The summed E-state index contributed by atoms with van der Waals surface area (Å²) in [6.45, 7) is 3.72. The standard InChI is InChI=1S/C6H11BO2/c1-3-5(8)4(2)9-6(3)7/h3-6,8H,1-2H3. The van der Waals surface area contributed by atoms with Gasteiger partial charge < -0.3 is 9.84 Å². The maximum atomic E-state index is 9.23. The summed E-state index contributed by atoms with van der Waals surface area (Å²) >= 11 is 0. The molecule has 0 aliphatic carbocycles. The van der Waals surface area contributed by atoms with Gasteiger partial charge >= 0.3 is 0 Å². The van der Waals surface area contributed by atoms with Gasteiger partial charge in [-0.25, -0.2) is 0 Å². The zero-order valence-corrected chi connectivity index (χ0v) is 5.74. The Labute approximate surface area is 56.6 Å². The van der Waals surface area contributed by atoms with Crippen LogP contribution in [0.5, 0.6) is 0 Å². The lowest BCUT2D eigenvalue weighted by molar-refractivity contribution is 0.0445. The second-order valence-electron chi connectivity index (χ2n) is 2.66. The summed E-state index contributed by atoms with van der Waals surface area (Å²) in [5, 5.41) is 9.23. The van der Waals surface area contributed by atoms with Crippen LogP contribution in [-0.2, 0) is 4.74 Å². The van der Waals surface area contributed by atoms with Crippen molar-refractivity contribution >= 4 is 7.85 Å². The van der Waals surface area contributed by atoms with Crippen LogP contribution in [0.3, 0.4) is 0 Å². The first kappa shape index (κ1) is 7.10. The maximum Gasteiger partial charge on any atom is 0.109 e. The lowest BCUT2D eigenvalue weighted by Gasteiger charge is -2.09. The molecule has 0 saturated carbocycles. The molecule has 0 bridgehead atoms. The molecule has 0 aromatic heterocycles. The van der Waals surface area contributed by atoms with Gasteiger partial charge in [-0.2, -0.15) is 0 Å². The molecule has 9 heavy (non-hydrogen) atoms. The van der Waals surface area contributed by atoms with Gasteiger partial charge in [-0.15, -0.1) is 0 Å². The Hall–Kier alpha value is -0.0151. The Morgan fingerprint density at radius 2 is 2.00 bits per heavy atom. The van der Waals surface area contributed by atoms with E-state index in [0.29, 0.717) is 0 Å². The van der Waals surface area contributed by atoms with Crippen LogP contribution in [0.25, 0.3) is 0 Å². The largest absolute Gasteiger partial charge is 0.390 e. The molecule has 2 nitrogen and oxygen atoms in total. The van der Waals surface area contributed by atoms with Gasteiger partial charge in [-0.3, -0.25) is 0 Å². The number of rotatable bonds is 0. The minimum absolute atomic E-state index is 0.0694. The predicted octanol–water partition coefficient (Wildman–Crippen LogP) is -0.103. The fourth-order valence-electron chi connectivity index (χ4n) is 1.07. The Bertz CT molecular complexity index is 95.2. The van der Waals surface area contributed by atoms with Crippen LogP contribution in [-0.4, -0.2) is 31.2 Å². The van der Waals surface area contributed by atoms with Crippen molar-refractivity contribution in [3.8, 4) is 0 Å². The molecule has 1 heterocycles. The average molecular weight is 126 g/mol. The summed E-state index contributed by atoms with van der Waals surface area (Å²) in [7, 11) is 5.48. The van der Waals surface area contributed by atoms with Crippen molar-refractivity contribution in [3.63, 3.8) is 0 Å². The number of hydrogen-bond acceptors (Lipinski definition) is 2. The molecular weight excluding hydrogens is 115 g/mol. The zero-order valence-electron chi connectivity index (χ0n) is 5.74. The van der Waals surface area contributed by atoms with Crippen molar-refractivity contribution in [3.05, 3.63) is 0 Å². The van der Waals surface area contributed by atoms with E-state index in [9.17, 15) is 5.11 Å². The third-order valence-corrected chi connectivity index (χ3v) is 1.91. The van der Waals surface area contributed by atoms with Gasteiger partial charge in [-0.1, -0.05) is 6.92 Å². The molecule has 50 valence electrons. The molecule has 0 amide bonds. The van der Waals surface area contributed by atoms with Crippen molar-refractivity contribution in [1.29, 1.82) is 0 Å². The van der Waals surface area contributed by atoms with E-state index in [4.69, 9.17) is 12.6 Å². The smallest absolute Gasteiger partial charge is 0.109 e. The molecular formula is C6H11BO2. The van der Waals surface area contributed by atoms with Crippen molar-refractivity contribution in [2.24, 2.45) is 5.92 Å². The molecule has 0 aromatic rings. The average Bonchev–Trinajstić information content (AvgIpc) is 1.98. The topological polar surface area (TPSA) is 29.5 Å². The molecule has 4 atom stereocenters. The molecule has 0 aromatic carbocycles. The van der Waals surface area contributed by atoms with Gasteiger partial charge in [0.1, 0.15) is 7.85 Å². The Balaban J connectivity index is 2.54. The Morgan fingerprint density at radius 1 is 1.44 bits per heavy atom. The third kappa shape index (κ3) is 1.12. The van der Waals surface area contributed by atoms with Crippen molar-refractivity contribution < 1.29 is 9.84 Å². The highest BCUT2D eigenvalue weighted by Gasteiger charge is 2.34. The molecule has 1 rings (SSSR count). The maximum absolute atomic E-state index is 9.23. The lowest BCUT2D eigenvalue weighted by Crippen LogP contribution is -2.23. The lowest BCUT2D eigenvalue weighted by atomic mass is 9.86. The molecule has 1 fully saturated rings. The zero-order chi connectivity index (χ0) is 7.02. The molecule has 3 heteroatoms. The van der Waals surface area contributed by atoms with Gasteiger partial charge in [0.25, 0.3) is 0 Å². The summed E-state index contributed by atoms with van der Waals surface area (Å²) in [4.78, 5) is 0. The monoisotopic (exact) mass is 126 g/mol. The van der Waals surface area contributed by atoms with Gasteiger partial charge in [0, 0.05) is 11.9 Å². The molecule has 4 unspecified atom stereocenters. The van der Waals surface area contributed by atoms with E-state index in [-0.39, 0.29) is 24.1 Å². The summed E-state index contributed by atoms with van der Waals surface area (Å²) in [6, 6.07) is -0.282. The van der Waals surface area contributed by atoms with Gasteiger partial charge in [0.2, 0.25) is 0 Å². The second-order valence-corrected chi connectivity index (χ2v) is 2.66. The summed E-state index contributed by atoms with van der Waals surface area (Å²) < 4.78 is 5.11. The van der Waals surface area contributed by atoms with Crippen molar-refractivity contribution in [2.45, 2.75) is 32.1 Å². The van der Waals surface area contributed by atoms with E-state index in [1.165, 1.54) is 0 Å². The van der Waals surface area contributed by atoms with E-state index >= 15 is 0 Å². The fourth-order valence-corrected chi connectivity index (χ4v) is 1.07. The normalized spacial score (nSPS) is 51.9. The number of hydrogen-bond donors (Lipinski definition) is 1. The molecule has 0 spiro atoms. The number of aliphatic hydroxyl groups is 1. The van der Waals surface area contributed by atoms with E-state index in [1.807, 2.05) is 13.8 Å². The van der Waals surface area contributed by atoms with E-state index < -0.39 is 0 Å². The highest BCUT2D eigenvalue weighted by Crippen LogP contribution is 2.23. The quantitative estimate of drug-likeness (QED) is 0.459. The van der Waals surface area contributed by atoms with Crippen LogP contribution < -0.4 is 0 Å². The van der Waals surface area contributed by atoms with Gasteiger partial charge in [-0.05, 0) is 6.92 Å². The van der Waals surface area contributed by atoms with Crippen LogP contribution in [0.2, 0.25) is 0 Å². The predicted molar refractivity (Wildman–Crippen MR) is 35.3 cm³/mol. The van der Waals surface area contributed by atoms with Crippen LogP contribution >= 0.6 is 0 Å². The van der Waals surface area contributed by atoms with Crippen LogP contribution in [0.1, 0.15) is 13.8 Å². The van der Waals surface area contributed by atoms with Crippen LogP contribution in [0.4, 0.5) is 0 Å². The van der Waals surface area contributed by atoms with Crippen molar-refractivity contribution in [2.75, 3.05) is 0 Å². The summed E-state index contributed by atoms with van der Waals surface area (Å²) in [5.74, 6) is 0.0694. The molecule has 1 N–H and O–H groups in total. The third-order valence-electron chi connectivity index (χ3n) is 1.91. The Kier molecular flexibility index (Phi) is 1.82. The minimum atomic E-state index is -0.389. The fraction of sp³-hybridized carbons (Fsp3) is 1.00. The number of aliphatic hydroxyl groups excluding tert-OH is 1.